The summed E-state index contributed by atoms with van der Waals surface area (Å²) >= 11 is 0. The monoisotopic (exact) mass is 273 g/mol. The van der Waals surface area contributed by atoms with E-state index in [2.05, 4.69) is 16.7 Å². The lowest BCUT2D eigenvalue weighted by Crippen LogP contribution is -2.04. The van der Waals surface area contributed by atoms with Crippen LogP contribution in [0.2, 0.25) is 0 Å². The van der Waals surface area contributed by atoms with Crippen LogP contribution >= 0.6 is 0 Å². The van der Waals surface area contributed by atoms with Crippen LogP contribution in [0.15, 0.2) is 42.7 Å². The van der Waals surface area contributed by atoms with Crippen LogP contribution in [0.3, 0.4) is 0 Å². The standard InChI is InChI=1S/C17H23NO2/c1-13(2)17(19)15-9-11-18(12-15)10-8-14-4-6-16(20-3)7-5-14/h4-7,9,11-13,17,19H,8,10H2,1-3H3. The van der Waals surface area contributed by atoms with Gasteiger partial charge in [0.25, 0.3) is 0 Å². The van der Waals surface area contributed by atoms with Crippen molar-refractivity contribution in [2.24, 2.45) is 5.92 Å². The van der Waals surface area contributed by atoms with Crippen molar-refractivity contribution in [1.82, 2.24) is 4.57 Å². The third-order valence-corrected chi connectivity index (χ3v) is 3.56. The summed E-state index contributed by atoms with van der Waals surface area (Å²) in [5.41, 5.74) is 2.28. The molecule has 0 amide bonds. The third kappa shape index (κ3) is 3.64. The Bertz CT molecular complexity index is 528. The highest BCUT2D eigenvalue weighted by Gasteiger charge is 2.12. The third-order valence-electron chi connectivity index (χ3n) is 3.56. The molecule has 0 aliphatic carbocycles. The summed E-state index contributed by atoms with van der Waals surface area (Å²) in [6.07, 6.45) is 4.66. The smallest absolute Gasteiger partial charge is 0.118 e. The van der Waals surface area contributed by atoms with E-state index in [0.717, 1.165) is 24.3 Å². The Labute approximate surface area is 120 Å². The average Bonchev–Trinajstić information content (AvgIpc) is 2.93. The molecule has 1 unspecified atom stereocenters. The van der Waals surface area contributed by atoms with E-state index < -0.39 is 0 Å². The van der Waals surface area contributed by atoms with Crippen LogP contribution in [0, 0.1) is 5.92 Å². The van der Waals surface area contributed by atoms with Crippen molar-refractivity contribution >= 4 is 0 Å². The summed E-state index contributed by atoms with van der Waals surface area (Å²) < 4.78 is 7.28. The van der Waals surface area contributed by atoms with Crippen LogP contribution in [-0.4, -0.2) is 16.8 Å². The number of aliphatic hydroxyl groups is 1. The summed E-state index contributed by atoms with van der Waals surface area (Å²) in [6, 6.07) is 10.1. The molecule has 1 aromatic heterocycles. The van der Waals surface area contributed by atoms with Crippen LogP contribution < -0.4 is 4.74 Å². The first-order chi connectivity index (χ1) is 9.60. The molecule has 2 rings (SSSR count). The number of benzene rings is 1. The molecule has 1 N–H and O–H groups in total. The van der Waals surface area contributed by atoms with Crippen molar-refractivity contribution < 1.29 is 9.84 Å². The zero-order valence-corrected chi connectivity index (χ0v) is 12.4. The van der Waals surface area contributed by atoms with Crippen LogP contribution in [0.5, 0.6) is 5.75 Å². The SMILES string of the molecule is COc1ccc(CCn2ccc(C(O)C(C)C)c2)cc1. The van der Waals surface area contributed by atoms with Gasteiger partial charge in [0, 0.05) is 18.9 Å². The zero-order valence-electron chi connectivity index (χ0n) is 12.4. The Hall–Kier alpha value is -1.74. The molecule has 108 valence electrons. The largest absolute Gasteiger partial charge is 0.497 e. The van der Waals surface area contributed by atoms with Crippen molar-refractivity contribution in [3.8, 4) is 5.75 Å². The van der Waals surface area contributed by atoms with Crippen molar-refractivity contribution in [2.45, 2.75) is 32.9 Å². The minimum atomic E-state index is -0.378. The minimum absolute atomic E-state index is 0.243. The fourth-order valence-electron chi connectivity index (χ4n) is 2.21. The predicted molar refractivity (Wildman–Crippen MR) is 80.9 cm³/mol. The maximum atomic E-state index is 10.0. The highest BCUT2D eigenvalue weighted by molar-refractivity contribution is 5.27. The second-order valence-corrected chi connectivity index (χ2v) is 5.47. The van der Waals surface area contributed by atoms with Crippen LogP contribution in [0.1, 0.15) is 31.1 Å². The molecule has 2 aromatic rings. The van der Waals surface area contributed by atoms with E-state index in [-0.39, 0.29) is 12.0 Å². The molecule has 0 aliphatic heterocycles. The first-order valence-electron chi connectivity index (χ1n) is 7.07. The van der Waals surface area contributed by atoms with Gasteiger partial charge in [0.2, 0.25) is 0 Å². The Morgan fingerprint density at radius 2 is 1.85 bits per heavy atom. The van der Waals surface area contributed by atoms with Crippen molar-refractivity contribution in [2.75, 3.05) is 7.11 Å². The molecule has 0 aliphatic rings. The van der Waals surface area contributed by atoms with Gasteiger partial charge in [0.05, 0.1) is 13.2 Å². The second kappa shape index (κ2) is 6.62. The number of rotatable bonds is 6. The van der Waals surface area contributed by atoms with Gasteiger partial charge in [-0.1, -0.05) is 26.0 Å². The molecule has 0 saturated carbocycles. The molecule has 1 atom stereocenters. The highest BCUT2D eigenvalue weighted by atomic mass is 16.5. The molecular weight excluding hydrogens is 250 g/mol. The van der Waals surface area contributed by atoms with E-state index in [4.69, 9.17) is 4.74 Å². The lowest BCUT2D eigenvalue weighted by atomic mass is 10.0. The fourth-order valence-corrected chi connectivity index (χ4v) is 2.21. The van der Waals surface area contributed by atoms with E-state index >= 15 is 0 Å². The van der Waals surface area contributed by atoms with E-state index in [1.54, 1.807) is 7.11 Å². The Kier molecular flexibility index (Phi) is 4.85. The Balaban J connectivity index is 1.93. The molecule has 3 nitrogen and oxygen atoms in total. The molecule has 1 heterocycles. The van der Waals surface area contributed by atoms with Gasteiger partial charge in [0.1, 0.15) is 5.75 Å². The summed E-state index contributed by atoms with van der Waals surface area (Å²) in [5, 5.41) is 10.0. The van der Waals surface area contributed by atoms with Gasteiger partial charge in [-0.15, -0.1) is 0 Å². The van der Waals surface area contributed by atoms with E-state index in [1.807, 2.05) is 44.4 Å². The number of hydrogen-bond acceptors (Lipinski definition) is 2. The number of ether oxygens (including phenoxy) is 1. The van der Waals surface area contributed by atoms with Gasteiger partial charge >= 0.3 is 0 Å². The number of nitrogens with zero attached hydrogens (tertiary/aromatic N) is 1. The molecule has 1 aromatic carbocycles. The fraction of sp³-hybridized carbons (Fsp3) is 0.412. The number of aryl methyl sites for hydroxylation is 2. The highest BCUT2D eigenvalue weighted by Crippen LogP contribution is 2.21. The van der Waals surface area contributed by atoms with Crippen LogP contribution in [0.25, 0.3) is 0 Å². The maximum Gasteiger partial charge on any atom is 0.118 e. The number of hydrogen-bond donors (Lipinski definition) is 1. The molecule has 0 fully saturated rings. The number of aromatic nitrogens is 1. The number of aliphatic hydroxyl groups excluding tert-OH is 1. The van der Waals surface area contributed by atoms with Crippen LogP contribution in [0.4, 0.5) is 0 Å². The molecular formula is C17H23NO2. The maximum absolute atomic E-state index is 10.0. The number of methoxy groups -OCH3 is 1. The van der Waals surface area contributed by atoms with E-state index in [1.165, 1.54) is 5.56 Å². The lowest BCUT2D eigenvalue weighted by Gasteiger charge is -2.12. The first kappa shape index (κ1) is 14.7. The van der Waals surface area contributed by atoms with Crippen molar-refractivity contribution in [3.05, 3.63) is 53.9 Å². The second-order valence-electron chi connectivity index (χ2n) is 5.47. The molecule has 0 spiro atoms. The summed E-state index contributed by atoms with van der Waals surface area (Å²) in [6.45, 7) is 4.97. The molecule has 20 heavy (non-hydrogen) atoms. The molecule has 0 saturated heterocycles. The van der Waals surface area contributed by atoms with Crippen molar-refractivity contribution in [3.63, 3.8) is 0 Å². The summed E-state index contributed by atoms with van der Waals surface area (Å²) in [4.78, 5) is 0. The summed E-state index contributed by atoms with van der Waals surface area (Å²) in [7, 11) is 1.68. The van der Waals surface area contributed by atoms with E-state index in [0.29, 0.717) is 0 Å². The van der Waals surface area contributed by atoms with Gasteiger partial charge in [-0.2, -0.15) is 0 Å². The Morgan fingerprint density at radius 3 is 2.45 bits per heavy atom. The normalized spacial score (nSPS) is 12.7. The lowest BCUT2D eigenvalue weighted by molar-refractivity contribution is 0.127. The van der Waals surface area contributed by atoms with Crippen LogP contribution in [-0.2, 0) is 13.0 Å². The topological polar surface area (TPSA) is 34.4 Å². The Morgan fingerprint density at radius 1 is 1.15 bits per heavy atom. The quantitative estimate of drug-likeness (QED) is 0.875. The van der Waals surface area contributed by atoms with Gasteiger partial charge in [-0.05, 0) is 41.7 Å². The predicted octanol–water partition coefficient (Wildman–Crippen LogP) is 3.43. The molecule has 0 radical (unpaired) electrons. The minimum Gasteiger partial charge on any atom is -0.497 e. The van der Waals surface area contributed by atoms with E-state index in [9.17, 15) is 5.11 Å². The van der Waals surface area contributed by atoms with Gasteiger partial charge in [-0.3, -0.25) is 0 Å². The average molecular weight is 273 g/mol. The van der Waals surface area contributed by atoms with Gasteiger partial charge in [-0.25, -0.2) is 0 Å². The first-order valence-corrected chi connectivity index (χ1v) is 7.07. The molecule has 3 heteroatoms. The zero-order chi connectivity index (χ0) is 14.5. The molecule has 0 bridgehead atoms. The van der Waals surface area contributed by atoms with Gasteiger partial charge in [0.15, 0.2) is 0 Å². The summed E-state index contributed by atoms with van der Waals surface area (Å²) in [5.74, 6) is 1.13. The van der Waals surface area contributed by atoms with Crippen molar-refractivity contribution in [1.29, 1.82) is 0 Å². The van der Waals surface area contributed by atoms with Gasteiger partial charge < -0.3 is 14.4 Å².